The van der Waals surface area contributed by atoms with Crippen LogP contribution in [0.25, 0.3) is 0 Å². The highest BCUT2D eigenvalue weighted by Crippen LogP contribution is 2.08. The molecule has 106 valence electrons. The number of rotatable bonds is 8. The van der Waals surface area contributed by atoms with Crippen molar-refractivity contribution < 1.29 is 14.7 Å². The van der Waals surface area contributed by atoms with Crippen LogP contribution in [0.4, 0.5) is 4.79 Å². The Kier molecular flexibility index (Phi) is 8.62. The number of urea groups is 1. The summed E-state index contributed by atoms with van der Waals surface area (Å²) >= 11 is 1.77. The van der Waals surface area contributed by atoms with Gasteiger partial charge in [0, 0.05) is 33.1 Å². The number of carboxylic acids is 1. The highest BCUT2D eigenvalue weighted by molar-refractivity contribution is 7.98. The summed E-state index contributed by atoms with van der Waals surface area (Å²) in [6.45, 7) is 2.50. The Balaban J connectivity index is 4.06. The number of carbonyl (C=O) groups excluding carboxylic acids is 1. The van der Waals surface area contributed by atoms with E-state index in [9.17, 15) is 9.59 Å². The fourth-order valence-electron chi connectivity index (χ4n) is 1.50. The van der Waals surface area contributed by atoms with Crippen molar-refractivity contribution in [1.82, 2.24) is 9.80 Å². The average Bonchev–Trinajstić information content (AvgIpc) is 2.33. The van der Waals surface area contributed by atoms with Crippen LogP contribution in [0.3, 0.4) is 0 Å². The zero-order valence-electron chi connectivity index (χ0n) is 11.7. The molecule has 5 nitrogen and oxygen atoms in total. The first kappa shape index (κ1) is 17.1. The topological polar surface area (TPSA) is 60.9 Å². The number of hydrogen-bond donors (Lipinski definition) is 1. The highest BCUT2D eigenvalue weighted by atomic mass is 32.2. The molecule has 0 saturated carbocycles. The summed E-state index contributed by atoms with van der Waals surface area (Å²) in [7, 11) is 3.50. The lowest BCUT2D eigenvalue weighted by Gasteiger charge is -2.29. The second-order valence-electron chi connectivity index (χ2n) is 4.44. The molecule has 0 spiro atoms. The van der Waals surface area contributed by atoms with Crippen molar-refractivity contribution >= 4 is 23.8 Å². The minimum atomic E-state index is -0.822. The van der Waals surface area contributed by atoms with E-state index in [1.165, 1.54) is 0 Å². The molecule has 6 heteroatoms. The maximum Gasteiger partial charge on any atom is 0.319 e. The van der Waals surface area contributed by atoms with Crippen molar-refractivity contribution in [3.05, 3.63) is 0 Å². The third kappa shape index (κ3) is 6.74. The number of amides is 2. The van der Waals surface area contributed by atoms with Crippen molar-refractivity contribution in [1.29, 1.82) is 0 Å². The van der Waals surface area contributed by atoms with Gasteiger partial charge in [-0.15, -0.1) is 0 Å². The normalized spacial score (nSPS) is 12.0. The minimum Gasteiger partial charge on any atom is -0.481 e. The summed E-state index contributed by atoms with van der Waals surface area (Å²) in [5.41, 5.74) is 0. The summed E-state index contributed by atoms with van der Waals surface area (Å²) in [5, 5.41) is 8.54. The van der Waals surface area contributed by atoms with Crippen molar-refractivity contribution in [2.75, 3.05) is 32.6 Å². The molecule has 1 atom stereocenters. The molecule has 1 N–H and O–H groups in total. The molecule has 0 aliphatic rings. The van der Waals surface area contributed by atoms with Crippen LogP contribution in [0, 0.1) is 0 Å². The molecule has 0 aliphatic heterocycles. The van der Waals surface area contributed by atoms with Crippen LogP contribution in [0.1, 0.15) is 26.2 Å². The van der Waals surface area contributed by atoms with Gasteiger partial charge in [-0.3, -0.25) is 4.79 Å². The molecule has 0 fully saturated rings. The first-order chi connectivity index (χ1) is 8.40. The van der Waals surface area contributed by atoms with Crippen LogP contribution in [0.5, 0.6) is 0 Å². The smallest absolute Gasteiger partial charge is 0.319 e. The molecular formula is C12H24N2O3S. The third-order valence-corrected chi connectivity index (χ3v) is 3.56. The molecule has 0 radical (unpaired) electrons. The van der Waals surface area contributed by atoms with E-state index >= 15 is 0 Å². The first-order valence-electron chi connectivity index (χ1n) is 6.08. The monoisotopic (exact) mass is 276 g/mol. The van der Waals surface area contributed by atoms with E-state index in [-0.39, 0.29) is 18.5 Å². The fraction of sp³-hybridized carbons (Fsp3) is 0.833. The van der Waals surface area contributed by atoms with Gasteiger partial charge >= 0.3 is 12.0 Å². The highest BCUT2D eigenvalue weighted by Gasteiger charge is 2.18. The van der Waals surface area contributed by atoms with Crippen molar-refractivity contribution in [3.63, 3.8) is 0 Å². The minimum absolute atomic E-state index is 0.0472. The lowest BCUT2D eigenvalue weighted by Crippen LogP contribution is -2.43. The third-order valence-electron chi connectivity index (χ3n) is 2.91. The van der Waals surface area contributed by atoms with E-state index in [2.05, 4.69) is 0 Å². The van der Waals surface area contributed by atoms with Gasteiger partial charge in [-0.25, -0.2) is 4.79 Å². The summed E-state index contributed by atoms with van der Waals surface area (Å²) in [6, 6.07) is 0.154. The van der Waals surface area contributed by atoms with Crippen LogP contribution in [0.15, 0.2) is 0 Å². The van der Waals surface area contributed by atoms with Crippen LogP contribution < -0.4 is 0 Å². The zero-order valence-corrected chi connectivity index (χ0v) is 12.5. The summed E-state index contributed by atoms with van der Waals surface area (Å²) < 4.78 is 0. The summed E-state index contributed by atoms with van der Waals surface area (Å²) in [5.74, 6) is 0.208. The van der Waals surface area contributed by atoms with Crippen molar-refractivity contribution in [3.8, 4) is 0 Å². The number of carbonyl (C=O) groups is 2. The molecule has 2 amide bonds. The number of hydrogen-bond acceptors (Lipinski definition) is 3. The van der Waals surface area contributed by atoms with E-state index < -0.39 is 5.97 Å². The standard InChI is InChI=1S/C12H24N2O3S/c1-10(7-9-18-4)14(3)12(17)13(2)8-5-6-11(15)16/h10H,5-9H2,1-4H3,(H,15,16). The predicted molar refractivity (Wildman–Crippen MR) is 75.1 cm³/mol. The molecule has 0 aromatic rings. The molecule has 0 rings (SSSR count). The van der Waals surface area contributed by atoms with Crippen molar-refractivity contribution in [2.24, 2.45) is 0 Å². The van der Waals surface area contributed by atoms with Gasteiger partial charge in [0.2, 0.25) is 0 Å². The maximum absolute atomic E-state index is 12.0. The van der Waals surface area contributed by atoms with Gasteiger partial charge in [-0.1, -0.05) is 0 Å². The quantitative estimate of drug-likeness (QED) is 0.736. The molecular weight excluding hydrogens is 252 g/mol. The zero-order chi connectivity index (χ0) is 14.1. The lowest BCUT2D eigenvalue weighted by molar-refractivity contribution is -0.137. The van der Waals surface area contributed by atoms with E-state index in [1.54, 1.807) is 35.7 Å². The van der Waals surface area contributed by atoms with Crippen LogP contribution in [-0.4, -0.2) is 65.6 Å². The number of nitrogens with zero attached hydrogens (tertiary/aromatic N) is 2. The Morgan fingerprint density at radius 2 is 1.94 bits per heavy atom. The Bertz CT molecular complexity index is 274. The van der Waals surface area contributed by atoms with Gasteiger partial charge in [0.25, 0.3) is 0 Å². The molecule has 0 bridgehead atoms. The van der Waals surface area contributed by atoms with E-state index in [1.807, 2.05) is 13.2 Å². The molecule has 0 heterocycles. The Morgan fingerprint density at radius 1 is 1.33 bits per heavy atom. The van der Waals surface area contributed by atoms with Crippen LogP contribution >= 0.6 is 11.8 Å². The Hall–Kier alpha value is -0.910. The predicted octanol–water partition coefficient (Wildman–Crippen LogP) is 1.98. The molecule has 1 unspecified atom stereocenters. The van der Waals surface area contributed by atoms with Crippen molar-refractivity contribution in [2.45, 2.75) is 32.2 Å². The van der Waals surface area contributed by atoms with Crippen LogP contribution in [0.2, 0.25) is 0 Å². The average molecular weight is 276 g/mol. The SMILES string of the molecule is CSCCC(C)N(C)C(=O)N(C)CCCC(=O)O. The first-order valence-corrected chi connectivity index (χ1v) is 7.48. The summed E-state index contributed by atoms with van der Waals surface area (Å²) in [6.07, 6.45) is 3.60. The number of aliphatic carboxylic acids is 1. The number of thioether (sulfide) groups is 1. The largest absolute Gasteiger partial charge is 0.481 e. The maximum atomic E-state index is 12.0. The summed E-state index contributed by atoms with van der Waals surface area (Å²) in [4.78, 5) is 25.7. The van der Waals surface area contributed by atoms with Crippen LogP contribution in [-0.2, 0) is 4.79 Å². The fourth-order valence-corrected chi connectivity index (χ4v) is 2.08. The van der Waals surface area contributed by atoms with Gasteiger partial charge in [-0.2, -0.15) is 11.8 Å². The molecule has 0 aromatic carbocycles. The van der Waals surface area contributed by atoms with Gasteiger partial charge in [0.1, 0.15) is 0 Å². The van der Waals surface area contributed by atoms with Gasteiger partial charge < -0.3 is 14.9 Å². The molecule has 0 aliphatic carbocycles. The van der Waals surface area contributed by atoms with Gasteiger partial charge in [0.05, 0.1) is 0 Å². The van der Waals surface area contributed by atoms with E-state index in [0.717, 1.165) is 12.2 Å². The van der Waals surface area contributed by atoms with E-state index in [4.69, 9.17) is 5.11 Å². The Labute approximate surface area is 114 Å². The van der Waals surface area contributed by atoms with Gasteiger partial charge in [-0.05, 0) is 31.8 Å². The van der Waals surface area contributed by atoms with E-state index in [0.29, 0.717) is 13.0 Å². The second-order valence-corrected chi connectivity index (χ2v) is 5.43. The van der Waals surface area contributed by atoms with Gasteiger partial charge in [0.15, 0.2) is 0 Å². The second kappa shape index (κ2) is 9.08. The Morgan fingerprint density at radius 3 is 2.44 bits per heavy atom. The molecule has 0 aromatic heterocycles. The lowest BCUT2D eigenvalue weighted by atomic mass is 10.2. The number of carboxylic acid groups (broad SMARTS) is 1. The molecule has 0 saturated heterocycles. The molecule has 18 heavy (non-hydrogen) atoms.